The lowest BCUT2D eigenvalue weighted by atomic mass is 9.96. The van der Waals surface area contributed by atoms with Crippen LogP contribution in [-0.2, 0) is 33.6 Å². The molecule has 2 unspecified atom stereocenters. The van der Waals surface area contributed by atoms with Crippen LogP contribution in [0.15, 0.2) is 5.10 Å². The first-order valence-electron chi connectivity index (χ1n) is 16.9. The monoisotopic (exact) mass is 661 g/mol. The van der Waals surface area contributed by atoms with Gasteiger partial charge >= 0.3 is 5.97 Å². The molecule has 0 aromatic heterocycles. The SMILES string of the molecule is CCCCC[C@H](CC(=O)N1N=CCC[C@@H]1C(=O)NC1CCC(=O)[C@H]2CCCNN2C(=O)[C@H](C)NC(=O)C(CC(C)C)NC1=O)C(=O)O. The fourth-order valence-electron chi connectivity index (χ4n) is 6.14. The van der Waals surface area contributed by atoms with Gasteiger partial charge in [-0.3, -0.25) is 38.6 Å². The molecule has 0 spiro atoms. The summed E-state index contributed by atoms with van der Waals surface area (Å²) in [6.07, 6.45) is 5.51. The van der Waals surface area contributed by atoms with Crippen molar-refractivity contribution in [1.82, 2.24) is 31.4 Å². The zero-order valence-corrected chi connectivity index (χ0v) is 28.0. The van der Waals surface area contributed by atoms with Crippen molar-refractivity contribution < 1.29 is 38.7 Å². The Kier molecular flexibility index (Phi) is 14.3. The van der Waals surface area contributed by atoms with E-state index in [0.717, 1.165) is 17.9 Å². The molecule has 3 aliphatic rings. The van der Waals surface area contributed by atoms with Crippen LogP contribution in [-0.4, -0.2) is 99.4 Å². The van der Waals surface area contributed by atoms with Gasteiger partial charge in [-0.15, -0.1) is 0 Å². The summed E-state index contributed by atoms with van der Waals surface area (Å²) in [6, 6.07) is -5.12. The van der Waals surface area contributed by atoms with Gasteiger partial charge in [-0.25, -0.2) is 10.4 Å². The zero-order valence-electron chi connectivity index (χ0n) is 28.0. The maximum atomic E-state index is 13.7. The number of aliphatic carboxylic acids is 1. The number of carboxylic acid groups (broad SMARTS) is 1. The minimum Gasteiger partial charge on any atom is -0.481 e. The van der Waals surface area contributed by atoms with Crippen LogP contribution in [0.1, 0.15) is 105 Å². The summed E-state index contributed by atoms with van der Waals surface area (Å²) < 4.78 is 0. The summed E-state index contributed by atoms with van der Waals surface area (Å²) in [4.78, 5) is 92.6. The van der Waals surface area contributed by atoms with Crippen LogP contribution in [0.3, 0.4) is 0 Å². The fraction of sp³-hybridized carbons (Fsp3) is 0.750. The minimum absolute atomic E-state index is 0.00762. The fourth-order valence-corrected chi connectivity index (χ4v) is 6.14. The molecular weight excluding hydrogens is 610 g/mol. The number of hydrazine groups is 1. The Balaban J connectivity index is 1.84. The highest BCUT2D eigenvalue weighted by Crippen LogP contribution is 2.21. The van der Waals surface area contributed by atoms with Crippen LogP contribution < -0.4 is 21.4 Å². The third-order valence-electron chi connectivity index (χ3n) is 8.79. The minimum atomic E-state index is -1.24. The highest BCUT2D eigenvalue weighted by atomic mass is 16.4. The van der Waals surface area contributed by atoms with E-state index >= 15 is 0 Å². The Morgan fingerprint density at radius 2 is 1.81 bits per heavy atom. The number of carbonyl (C=O) groups is 7. The Hall–Kier alpha value is -3.88. The molecule has 5 N–H and O–H groups in total. The molecule has 0 aliphatic carbocycles. The zero-order chi connectivity index (χ0) is 34.7. The average Bonchev–Trinajstić information content (AvgIpc) is 3.04. The molecule has 3 aliphatic heterocycles. The van der Waals surface area contributed by atoms with Crippen LogP contribution in [0.2, 0.25) is 0 Å². The van der Waals surface area contributed by atoms with Crippen LogP contribution in [0, 0.1) is 11.8 Å². The van der Waals surface area contributed by atoms with Gasteiger partial charge in [0.15, 0.2) is 5.78 Å². The summed E-state index contributed by atoms with van der Waals surface area (Å²) in [5.41, 5.74) is 2.97. The number of Topliss-reactive ketones (excluding diaryl/α,β-unsaturated/α-hetero) is 1. The number of nitrogens with zero attached hydrogens (tertiary/aromatic N) is 3. The van der Waals surface area contributed by atoms with Crippen molar-refractivity contribution in [2.45, 2.75) is 135 Å². The number of hydrogen-bond acceptors (Lipinski definition) is 9. The van der Waals surface area contributed by atoms with Gasteiger partial charge in [-0.1, -0.05) is 40.0 Å². The van der Waals surface area contributed by atoms with E-state index in [1.807, 2.05) is 20.8 Å². The Morgan fingerprint density at radius 3 is 2.49 bits per heavy atom. The van der Waals surface area contributed by atoms with Crippen molar-refractivity contribution in [1.29, 1.82) is 0 Å². The molecule has 262 valence electrons. The van der Waals surface area contributed by atoms with Crippen LogP contribution >= 0.6 is 0 Å². The van der Waals surface area contributed by atoms with Gasteiger partial charge in [0.1, 0.15) is 30.2 Å². The third-order valence-corrected chi connectivity index (χ3v) is 8.79. The van der Waals surface area contributed by atoms with Crippen molar-refractivity contribution in [3.05, 3.63) is 0 Å². The van der Waals surface area contributed by atoms with E-state index in [1.54, 1.807) is 0 Å². The number of unbranched alkanes of at least 4 members (excludes halogenated alkanes) is 2. The lowest BCUT2D eigenvalue weighted by molar-refractivity contribution is -0.148. The number of carbonyl (C=O) groups excluding carboxylic acids is 6. The van der Waals surface area contributed by atoms with Crippen molar-refractivity contribution in [2.75, 3.05) is 6.54 Å². The van der Waals surface area contributed by atoms with Crippen LogP contribution in [0.25, 0.3) is 0 Å². The second-order valence-corrected chi connectivity index (χ2v) is 13.1. The Labute approximate surface area is 276 Å². The smallest absolute Gasteiger partial charge is 0.307 e. The van der Waals surface area contributed by atoms with E-state index in [2.05, 4.69) is 26.5 Å². The molecule has 3 heterocycles. The normalized spacial score (nSPS) is 26.7. The lowest BCUT2D eigenvalue weighted by Crippen LogP contribution is -2.61. The third kappa shape index (κ3) is 10.6. The van der Waals surface area contributed by atoms with Gasteiger partial charge in [-0.2, -0.15) is 5.10 Å². The molecule has 0 aromatic rings. The molecule has 3 rings (SSSR count). The molecule has 6 atom stereocenters. The molecule has 5 amide bonds. The summed E-state index contributed by atoms with van der Waals surface area (Å²) in [5.74, 6) is -5.32. The first-order valence-corrected chi connectivity index (χ1v) is 16.9. The number of nitrogens with one attached hydrogen (secondary N) is 4. The van der Waals surface area contributed by atoms with E-state index in [4.69, 9.17) is 0 Å². The summed E-state index contributed by atoms with van der Waals surface area (Å²) in [7, 11) is 0. The van der Waals surface area contributed by atoms with Gasteiger partial charge in [-0.05, 0) is 57.8 Å². The second kappa shape index (κ2) is 17.9. The first kappa shape index (κ1) is 37.6. The highest BCUT2D eigenvalue weighted by Gasteiger charge is 2.39. The van der Waals surface area contributed by atoms with E-state index in [-0.39, 0.29) is 43.8 Å². The predicted octanol–water partition coefficient (Wildman–Crippen LogP) is 1.01. The van der Waals surface area contributed by atoms with Crippen molar-refractivity contribution in [2.24, 2.45) is 16.9 Å². The van der Waals surface area contributed by atoms with Crippen LogP contribution in [0.5, 0.6) is 0 Å². The number of carboxylic acids is 1. The topological polar surface area (TPSA) is 207 Å². The Bertz CT molecular complexity index is 1210. The van der Waals surface area contributed by atoms with Gasteiger partial charge < -0.3 is 21.1 Å². The number of amides is 5. The second-order valence-electron chi connectivity index (χ2n) is 13.1. The largest absolute Gasteiger partial charge is 0.481 e. The quantitative estimate of drug-likeness (QED) is 0.200. The molecule has 0 saturated carbocycles. The van der Waals surface area contributed by atoms with E-state index in [1.165, 1.54) is 18.1 Å². The maximum absolute atomic E-state index is 13.7. The standard InChI is InChI=1S/C32H51N7O8/c1-5-6-7-10-21(32(46)47)18-27(41)38-25(12-9-15-33-38)30(44)36-22-13-14-26(40)24-11-8-16-34-39(24)31(45)20(4)35-29(43)23(17-19(2)3)37-28(22)42/h15,19-25,34H,5-14,16-18H2,1-4H3,(H,35,43)(H,36,44)(H,37,42)(H,46,47)/t20-,21+,22?,23?,24+,25+/m0/s1. The number of hydrazone groups is 1. The number of hydrogen-bond donors (Lipinski definition) is 5. The molecular formula is C32H51N7O8. The number of rotatable bonds is 11. The molecule has 2 fully saturated rings. The molecule has 0 bridgehead atoms. The van der Waals surface area contributed by atoms with Gasteiger partial charge in [0.2, 0.25) is 23.6 Å². The van der Waals surface area contributed by atoms with E-state index in [9.17, 15) is 38.7 Å². The summed E-state index contributed by atoms with van der Waals surface area (Å²) >= 11 is 0. The van der Waals surface area contributed by atoms with Gasteiger partial charge in [0, 0.05) is 25.6 Å². The number of ketones is 1. The van der Waals surface area contributed by atoms with Crippen molar-refractivity contribution >= 4 is 47.5 Å². The van der Waals surface area contributed by atoms with Crippen molar-refractivity contribution in [3.63, 3.8) is 0 Å². The molecule has 0 radical (unpaired) electrons. The average molecular weight is 662 g/mol. The first-order chi connectivity index (χ1) is 22.3. The summed E-state index contributed by atoms with van der Waals surface area (Å²) in [5, 5.41) is 24.2. The van der Waals surface area contributed by atoms with Crippen molar-refractivity contribution in [3.8, 4) is 0 Å². The summed E-state index contributed by atoms with van der Waals surface area (Å²) in [6.45, 7) is 7.76. The van der Waals surface area contributed by atoms with Gasteiger partial charge in [0.25, 0.3) is 5.91 Å². The molecule has 15 heteroatoms. The molecule has 15 nitrogen and oxygen atoms in total. The van der Waals surface area contributed by atoms with Crippen LogP contribution in [0.4, 0.5) is 0 Å². The molecule has 0 aromatic carbocycles. The molecule has 47 heavy (non-hydrogen) atoms. The highest BCUT2D eigenvalue weighted by molar-refractivity contribution is 5.97. The molecule has 2 saturated heterocycles. The Morgan fingerprint density at radius 1 is 1.06 bits per heavy atom. The van der Waals surface area contributed by atoms with E-state index in [0.29, 0.717) is 38.6 Å². The van der Waals surface area contributed by atoms with Gasteiger partial charge in [0.05, 0.1) is 5.92 Å². The lowest BCUT2D eigenvalue weighted by Gasteiger charge is -2.37. The number of fused-ring (bicyclic) bond motifs is 1. The predicted molar refractivity (Wildman–Crippen MR) is 171 cm³/mol. The van der Waals surface area contributed by atoms with E-state index < -0.39 is 71.6 Å². The maximum Gasteiger partial charge on any atom is 0.307 e.